The Labute approximate surface area is 155 Å². The predicted octanol–water partition coefficient (Wildman–Crippen LogP) is 1.43. The zero-order valence-corrected chi connectivity index (χ0v) is 16.0. The smallest absolute Gasteiger partial charge is 0.246 e. The molecule has 0 aromatic heterocycles. The Bertz CT molecular complexity index is 767. The van der Waals surface area contributed by atoms with Gasteiger partial charge in [-0.3, -0.25) is 9.69 Å². The van der Waals surface area contributed by atoms with Crippen LogP contribution >= 0.6 is 0 Å². The minimum Gasteiger partial charge on any atom is -0.493 e. The molecule has 1 atom stereocenters. The number of rotatable bonds is 5. The SMILES string of the molecule is CCOc1ccccc1/C=C/C(=O)N1CCN(C2CCS(=O)(=O)C2)CC1. The minimum atomic E-state index is -2.87. The number of para-hydroxylation sites is 1. The van der Waals surface area contributed by atoms with Gasteiger partial charge >= 0.3 is 0 Å². The van der Waals surface area contributed by atoms with Gasteiger partial charge in [0.05, 0.1) is 18.1 Å². The third kappa shape index (κ3) is 4.65. The van der Waals surface area contributed by atoms with Gasteiger partial charge in [-0.25, -0.2) is 8.42 Å². The van der Waals surface area contributed by atoms with Crippen LogP contribution in [0.5, 0.6) is 5.75 Å². The van der Waals surface area contributed by atoms with Crippen LogP contribution in [-0.2, 0) is 14.6 Å². The largest absolute Gasteiger partial charge is 0.493 e. The van der Waals surface area contributed by atoms with E-state index in [2.05, 4.69) is 4.90 Å². The summed E-state index contributed by atoms with van der Waals surface area (Å²) < 4.78 is 28.8. The molecule has 1 aromatic carbocycles. The highest BCUT2D eigenvalue weighted by atomic mass is 32.2. The molecule has 142 valence electrons. The summed E-state index contributed by atoms with van der Waals surface area (Å²) in [5, 5.41) is 0. The number of sulfone groups is 1. The third-order valence-electron chi connectivity index (χ3n) is 4.98. The highest BCUT2D eigenvalue weighted by Gasteiger charge is 2.34. The van der Waals surface area contributed by atoms with E-state index in [9.17, 15) is 13.2 Å². The van der Waals surface area contributed by atoms with Crippen LogP contribution in [-0.4, -0.2) is 74.5 Å². The Morgan fingerprint density at radius 2 is 1.96 bits per heavy atom. The maximum atomic E-state index is 12.5. The summed E-state index contributed by atoms with van der Waals surface area (Å²) in [5.41, 5.74) is 0.887. The summed E-state index contributed by atoms with van der Waals surface area (Å²) in [6, 6.07) is 7.76. The van der Waals surface area contributed by atoms with Crippen LogP contribution in [0.4, 0.5) is 0 Å². The molecule has 6 nitrogen and oxygen atoms in total. The van der Waals surface area contributed by atoms with Gasteiger partial charge in [0, 0.05) is 43.9 Å². The van der Waals surface area contributed by atoms with Gasteiger partial charge in [-0.15, -0.1) is 0 Å². The van der Waals surface area contributed by atoms with Crippen molar-refractivity contribution in [2.24, 2.45) is 0 Å². The van der Waals surface area contributed by atoms with Crippen molar-refractivity contribution in [1.82, 2.24) is 9.80 Å². The number of carbonyl (C=O) groups is 1. The molecule has 0 spiro atoms. The molecule has 2 aliphatic rings. The second-order valence-corrected chi connectivity index (χ2v) is 8.95. The quantitative estimate of drug-likeness (QED) is 0.725. The van der Waals surface area contributed by atoms with Gasteiger partial charge in [-0.2, -0.15) is 0 Å². The summed E-state index contributed by atoms with van der Waals surface area (Å²) in [7, 11) is -2.87. The van der Waals surface area contributed by atoms with Gasteiger partial charge in [-0.05, 0) is 25.5 Å². The van der Waals surface area contributed by atoms with Crippen LogP contribution in [0.15, 0.2) is 30.3 Å². The standard InChI is InChI=1S/C19H26N2O4S/c1-2-25-18-6-4-3-5-16(18)7-8-19(22)21-12-10-20(11-13-21)17-9-14-26(23,24)15-17/h3-8,17H,2,9-15H2,1H3/b8-7+. The van der Waals surface area contributed by atoms with Crippen LogP contribution in [0.1, 0.15) is 18.9 Å². The van der Waals surface area contributed by atoms with Gasteiger partial charge in [0.15, 0.2) is 9.84 Å². The van der Waals surface area contributed by atoms with Crippen molar-refractivity contribution in [3.05, 3.63) is 35.9 Å². The second-order valence-electron chi connectivity index (χ2n) is 6.72. The van der Waals surface area contributed by atoms with Crippen molar-refractivity contribution in [3.63, 3.8) is 0 Å². The maximum absolute atomic E-state index is 12.5. The van der Waals surface area contributed by atoms with Crippen molar-refractivity contribution in [1.29, 1.82) is 0 Å². The molecule has 2 heterocycles. The topological polar surface area (TPSA) is 66.9 Å². The van der Waals surface area contributed by atoms with E-state index < -0.39 is 9.84 Å². The van der Waals surface area contributed by atoms with Crippen molar-refractivity contribution in [2.45, 2.75) is 19.4 Å². The molecule has 0 bridgehead atoms. The highest BCUT2D eigenvalue weighted by molar-refractivity contribution is 7.91. The molecule has 1 amide bonds. The van der Waals surface area contributed by atoms with Crippen molar-refractivity contribution >= 4 is 21.8 Å². The van der Waals surface area contributed by atoms with Gasteiger partial charge in [0.2, 0.25) is 5.91 Å². The molecule has 7 heteroatoms. The van der Waals surface area contributed by atoms with E-state index in [1.807, 2.05) is 36.1 Å². The number of nitrogens with zero attached hydrogens (tertiary/aromatic N) is 2. The second kappa shape index (κ2) is 8.22. The molecule has 0 N–H and O–H groups in total. The average Bonchev–Trinajstić information content (AvgIpc) is 3.01. The third-order valence-corrected chi connectivity index (χ3v) is 6.73. The van der Waals surface area contributed by atoms with Crippen LogP contribution < -0.4 is 4.74 Å². The van der Waals surface area contributed by atoms with E-state index in [4.69, 9.17) is 4.74 Å². The molecule has 2 saturated heterocycles. The molecular formula is C19H26N2O4S. The number of hydrogen-bond acceptors (Lipinski definition) is 5. The van der Waals surface area contributed by atoms with Gasteiger partial charge < -0.3 is 9.64 Å². The first-order valence-electron chi connectivity index (χ1n) is 9.12. The Morgan fingerprint density at radius 1 is 1.23 bits per heavy atom. The average molecular weight is 378 g/mol. The molecule has 0 saturated carbocycles. The fourth-order valence-electron chi connectivity index (χ4n) is 3.54. The van der Waals surface area contributed by atoms with E-state index >= 15 is 0 Å². The molecular weight excluding hydrogens is 352 g/mol. The molecule has 0 aliphatic carbocycles. The fourth-order valence-corrected chi connectivity index (χ4v) is 5.30. The summed E-state index contributed by atoms with van der Waals surface area (Å²) in [6.45, 7) is 5.24. The van der Waals surface area contributed by atoms with E-state index in [1.165, 1.54) is 0 Å². The number of carbonyl (C=O) groups excluding carboxylic acids is 1. The predicted molar refractivity (Wildman–Crippen MR) is 102 cm³/mol. The first kappa shape index (κ1) is 18.9. The molecule has 0 radical (unpaired) electrons. The molecule has 1 aromatic rings. The molecule has 2 fully saturated rings. The fraction of sp³-hybridized carbons (Fsp3) is 0.526. The van der Waals surface area contributed by atoms with Crippen LogP contribution in [0.3, 0.4) is 0 Å². The van der Waals surface area contributed by atoms with E-state index in [1.54, 1.807) is 12.2 Å². The van der Waals surface area contributed by atoms with Crippen molar-refractivity contribution in [3.8, 4) is 5.75 Å². The van der Waals surface area contributed by atoms with Crippen LogP contribution in [0.25, 0.3) is 6.08 Å². The van der Waals surface area contributed by atoms with Gasteiger partial charge in [0.1, 0.15) is 5.75 Å². The molecule has 1 unspecified atom stereocenters. The summed E-state index contributed by atoms with van der Waals surface area (Å²) in [4.78, 5) is 16.5. The summed E-state index contributed by atoms with van der Waals surface area (Å²) in [6.07, 6.45) is 4.10. The minimum absolute atomic E-state index is 0.0185. The summed E-state index contributed by atoms with van der Waals surface area (Å²) in [5.74, 6) is 1.30. The summed E-state index contributed by atoms with van der Waals surface area (Å²) >= 11 is 0. The van der Waals surface area contributed by atoms with E-state index in [0.29, 0.717) is 31.9 Å². The monoisotopic (exact) mass is 378 g/mol. The molecule has 3 rings (SSSR count). The number of benzene rings is 1. The van der Waals surface area contributed by atoms with E-state index in [0.717, 1.165) is 24.4 Å². The Hall–Kier alpha value is -1.86. The van der Waals surface area contributed by atoms with Crippen LogP contribution in [0.2, 0.25) is 0 Å². The van der Waals surface area contributed by atoms with Crippen molar-refractivity contribution in [2.75, 3.05) is 44.3 Å². The lowest BCUT2D eigenvalue weighted by Crippen LogP contribution is -2.52. The first-order valence-corrected chi connectivity index (χ1v) is 10.9. The molecule has 26 heavy (non-hydrogen) atoms. The van der Waals surface area contributed by atoms with Gasteiger partial charge in [-0.1, -0.05) is 18.2 Å². The van der Waals surface area contributed by atoms with E-state index in [-0.39, 0.29) is 17.7 Å². The number of amides is 1. The Balaban J connectivity index is 1.54. The zero-order chi connectivity index (χ0) is 18.6. The highest BCUT2D eigenvalue weighted by Crippen LogP contribution is 2.21. The van der Waals surface area contributed by atoms with Crippen molar-refractivity contribution < 1.29 is 17.9 Å². The zero-order valence-electron chi connectivity index (χ0n) is 15.1. The normalized spacial score (nSPS) is 23.4. The number of piperazine rings is 1. The number of ether oxygens (including phenoxy) is 1. The molecule has 2 aliphatic heterocycles. The lowest BCUT2D eigenvalue weighted by Gasteiger charge is -2.37. The van der Waals surface area contributed by atoms with Gasteiger partial charge in [0.25, 0.3) is 0 Å². The Kier molecular flexibility index (Phi) is 5.98. The lowest BCUT2D eigenvalue weighted by molar-refractivity contribution is -0.127. The Morgan fingerprint density at radius 3 is 2.62 bits per heavy atom. The van der Waals surface area contributed by atoms with Crippen LogP contribution in [0, 0.1) is 0 Å². The number of hydrogen-bond donors (Lipinski definition) is 0. The maximum Gasteiger partial charge on any atom is 0.246 e. The first-order chi connectivity index (χ1) is 12.5. The lowest BCUT2D eigenvalue weighted by atomic mass is 10.1.